The number of aromatic nitrogens is 1. The van der Waals surface area contributed by atoms with Gasteiger partial charge in [-0.15, -0.1) is 11.3 Å². The Bertz CT molecular complexity index is 745. The van der Waals surface area contributed by atoms with Crippen LogP contribution in [0.4, 0.5) is 5.82 Å². The molecule has 0 spiro atoms. The molecule has 0 radical (unpaired) electrons. The minimum absolute atomic E-state index is 0.0872. The van der Waals surface area contributed by atoms with Gasteiger partial charge < -0.3 is 15.1 Å². The molecule has 0 aromatic carbocycles. The molecule has 3 rings (SSSR count). The maximum absolute atomic E-state index is 11.9. The number of piperazine rings is 1. The fourth-order valence-electron chi connectivity index (χ4n) is 2.95. The van der Waals surface area contributed by atoms with Gasteiger partial charge in [0, 0.05) is 54.8 Å². The molecule has 5 nitrogen and oxygen atoms in total. The Balaban J connectivity index is 1.47. The number of carbonyl (C=O) groups is 1. The van der Waals surface area contributed by atoms with Crippen LogP contribution in [0.2, 0.25) is 0 Å². The van der Waals surface area contributed by atoms with E-state index in [1.54, 1.807) is 17.4 Å². The largest absolute Gasteiger partial charge is 0.354 e. The number of likely N-dealkylation sites (N-methyl/N-ethyl adjacent to an activating group) is 1. The van der Waals surface area contributed by atoms with E-state index in [4.69, 9.17) is 0 Å². The van der Waals surface area contributed by atoms with Crippen LogP contribution in [-0.4, -0.2) is 48.5 Å². The van der Waals surface area contributed by atoms with Crippen molar-refractivity contribution in [3.8, 4) is 0 Å². The van der Waals surface area contributed by atoms with E-state index in [2.05, 4.69) is 40.0 Å². The monoisotopic (exact) mass is 370 g/mol. The molecular weight excluding hydrogens is 344 g/mol. The summed E-state index contributed by atoms with van der Waals surface area (Å²) < 4.78 is 0. The Morgan fingerprint density at radius 1 is 1.23 bits per heavy atom. The first-order valence-corrected chi connectivity index (χ1v) is 9.90. The molecule has 0 bridgehead atoms. The Morgan fingerprint density at radius 2 is 2.04 bits per heavy atom. The standard InChI is InChI=1S/C20H26N4OS/c1-3-23-10-12-24(13-11-23)19-8-5-17(14-21-19)15-22-20(25)9-7-18-6-4-16(2)26-18/h4-9,14H,3,10-13,15H2,1-2H3,(H,22,25). The van der Waals surface area contributed by atoms with Crippen LogP contribution in [0.1, 0.15) is 22.2 Å². The molecule has 1 amide bonds. The van der Waals surface area contributed by atoms with Crippen LogP contribution in [0, 0.1) is 6.92 Å². The third-order valence-electron chi connectivity index (χ3n) is 4.58. The molecule has 2 aromatic rings. The maximum atomic E-state index is 11.9. The maximum Gasteiger partial charge on any atom is 0.244 e. The summed E-state index contributed by atoms with van der Waals surface area (Å²) in [6.07, 6.45) is 5.29. The molecule has 3 heterocycles. The van der Waals surface area contributed by atoms with Crippen LogP contribution in [0.5, 0.6) is 0 Å². The van der Waals surface area contributed by atoms with Crippen molar-refractivity contribution in [3.63, 3.8) is 0 Å². The molecular formula is C20H26N4OS. The van der Waals surface area contributed by atoms with Gasteiger partial charge in [-0.1, -0.05) is 13.0 Å². The molecule has 1 fully saturated rings. The van der Waals surface area contributed by atoms with Gasteiger partial charge in [0.1, 0.15) is 5.82 Å². The summed E-state index contributed by atoms with van der Waals surface area (Å²) in [6, 6.07) is 8.17. The molecule has 1 aliphatic heterocycles. The van der Waals surface area contributed by atoms with Crippen LogP contribution >= 0.6 is 11.3 Å². The SMILES string of the molecule is CCN1CCN(c2ccc(CNC(=O)C=Cc3ccc(C)s3)cn2)CC1. The van der Waals surface area contributed by atoms with Crippen molar-refractivity contribution in [2.45, 2.75) is 20.4 Å². The second-order valence-corrected chi connectivity index (χ2v) is 7.76. The van der Waals surface area contributed by atoms with E-state index in [0.29, 0.717) is 6.54 Å². The van der Waals surface area contributed by atoms with Crippen molar-refractivity contribution in [1.82, 2.24) is 15.2 Å². The Kier molecular flexibility index (Phi) is 6.41. The molecule has 138 valence electrons. The fourth-order valence-corrected chi connectivity index (χ4v) is 3.73. The van der Waals surface area contributed by atoms with Crippen molar-refractivity contribution in [3.05, 3.63) is 51.9 Å². The third kappa shape index (κ3) is 5.16. The van der Waals surface area contributed by atoms with Gasteiger partial charge in [0.15, 0.2) is 0 Å². The number of rotatable bonds is 6. The van der Waals surface area contributed by atoms with E-state index in [1.807, 2.05) is 30.5 Å². The molecule has 6 heteroatoms. The van der Waals surface area contributed by atoms with Crippen LogP contribution in [0.15, 0.2) is 36.5 Å². The van der Waals surface area contributed by atoms with Crippen molar-refractivity contribution >= 4 is 29.1 Å². The minimum Gasteiger partial charge on any atom is -0.354 e. The summed E-state index contributed by atoms with van der Waals surface area (Å²) in [7, 11) is 0. The summed E-state index contributed by atoms with van der Waals surface area (Å²) in [5, 5.41) is 2.91. The summed E-state index contributed by atoms with van der Waals surface area (Å²) in [5.41, 5.74) is 1.01. The van der Waals surface area contributed by atoms with E-state index in [0.717, 1.165) is 49.0 Å². The molecule has 0 saturated carbocycles. The predicted molar refractivity (Wildman–Crippen MR) is 109 cm³/mol. The van der Waals surface area contributed by atoms with Crippen LogP contribution in [-0.2, 0) is 11.3 Å². The molecule has 0 unspecified atom stereocenters. The highest BCUT2D eigenvalue weighted by atomic mass is 32.1. The number of thiophene rings is 1. The topological polar surface area (TPSA) is 48.5 Å². The molecule has 1 saturated heterocycles. The summed E-state index contributed by atoms with van der Waals surface area (Å²) in [4.78, 5) is 23.6. The lowest BCUT2D eigenvalue weighted by atomic mass is 10.2. The molecule has 26 heavy (non-hydrogen) atoms. The van der Waals surface area contributed by atoms with Gasteiger partial charge >= 0.3 is 0 Å². The number of amides is 1. The second kappa shape index (κ2) is 8.96. The fraction of sp³-hybridized carbons (Fsp3) is 0.400. The van der Waals surface area contributed by atoms with Crippen LogP contribution in [0.3, 0.4) is 0 Å². The van der Waals surface area contributed by atoms with Crippen LogP contribution in [0.25, 0.3) is 6.08 Å². The average Bonchev–Trinajstić information content (AvgIpc) is 3.10. The number of pyridine rings is 1. The molecule has 2 aromatic heterocycles. The lowest BCUT2D eigenvalue weighted by molar-refractivity contribution is -0.116. The van der Waals surface area contributed by atoms with Crippen molar-refractivity contribution < 1.29 is 4.79 Å². The highest BCUT2D eigenvalue weighted by Crippen LogP contribution is 2.16. The lowest BCUT2D eigenvalue weighted by Crippen LogP contribution is -2.46. The van der Waals surface area contributed by atoms with Gasteiger partial charge in [-0.3, -0.25) is 4.79 Å². The van der Waals surface area contributed by atoms with Gasteiger partial charge in [0.2, 0.25) is 5.91 Å². The number of carbonyl (C=O) groups excluding carboxylic acids is 1. The summed E-state index contributed by atoms with van der Waals surface area (Å²) in [6.45, 7) is 10.1. The van der Waals surface area contributed by atoms with Gasteiger partial charge in [-0.05, 0) is 43.3 Å². The van der Waals surface area contributed by atoms with Gasteiger partial charge in [0.05, 0.1) is 0 Å². The van der Waals surface area contributed by atoms with Crippen molar-refractivity contribution in [2.24, 2.45) is 0 Å². The lowest BCUT2D eigenvalue weighted by Gasteiger charge is -2.34. The second-order valence-electron chi connectivity index (χ2n) is 6.45. The summed E-state index contributed by atoms with van der Waals surface area (Å²) >= 11 is 1.68. The quantitative estimate of drug-likeness (QED) is 0.795. The van der Waals surface area contributed by atoms with E-state index in [9.17, 15) is 4.79 Å². The van der Waals surface area contributed by atoms with Crippen molar-refractivity contribution in [1.29, 1.82) is 0 Å². The first-order valence-electron chi connectivity index (χ1n) is 9.08. The van der Waals surface area contributed by atoms with Crippen molar-refractivity contribution in [2.75, 3.05) is 37.6 Å². The average molecular weight is 371 g/mol. The number of hydrogen-bond acceptors (Lipinski definition) is 5. The molecule has 0 atom stereocenters. The normalized spacial score (nSPS) is 15.5. The predicted octanol–water partition coefficient (Wildman–Crippen LogP) is 2.92. The number of nitrogens with zero attached hydrogens (tertiary/aromatic N) is 3. The summed E-state index contributed by atoms with van der Waals surface area (Å²) in [5.74, 6) is 0.930. The Hall–Kier alpha value is -2.18. The smallest absolute Gasteiger partial charge is 0.244 e. The zero-order valence-corrected chi connectivity index (χ0v) is 16.3. The van der Waals surface area contributed by atoms with Gasteiger partial charge in [-0.25, -0.2) is 4.98 Å². The van der Waals surface area contributed by atoms with Gasteiger partial charge in [-0.2, -0.15) is 0 Å². The van der Waals surface area contributed by atoms with Crippen LogP contribution < -0.4 is 10.2 Å². The molecule has 0 aliphatic carbocycles. The van der Waals surface area contributed by atoms with E-state index < -0.39 is 0 Å². The Morgan fingerprint density at radius 3 is 2.65 bits per heavy atom. The number of nitrogens with one attached hydrogen (secondary N) is 1. The third-order valence-corrected chi connectivity index (χ3v) is 5.55. The number of hydrogen-bond donors (Lipinski definition) is 1. The first-order chi connectivity index (χ1) is 12.6. The first kappa shape index (κ1) is 18.6. The number of aryl methyl sites for hydroxylation is 1. The van der Waals surface area contributed by atoms with E-state index >= 15 is 0 Å². The van der Waals surface area contributed by atoms with E-state index in [1.165, 1.54) is 4.88 Å². The molecule has 1 aliphatic rings. The zero-order valence-electron chi connectivity index (χ0n) is 15.4. The van der Waals surface area contributed by atoms with Gasteiger partial charge in [0.25, 0.3) is 0 Å². The highest BCUT2D eigenvalue weighted by molar-refractivity contribution is 7.12. The number of anilines is 1. The highest BCUT2D eigenvalue weighted by Gasteiger charge is 2.16. The Labute approximate surface area is 159 Å². The zero-order chi connectivity index (χ0) is 18.4. The molecule has 1 N–H and O–H groups in total. The minimum atomic E-state index is -0.0872. The van der Waals surface area contributed by atoms with E-state index in [-0.39, 0.29) is 5.91 Å².